The Bertz CT molecular complexity index is 355. The Labute approximate surface area is 118 Å². The lowest BCUT2D eigenvalue weighted by atomic mass is 9.89. The van der Waals surface area contributed by atoms with E-state index in [0.717, 1.165) is 30.3 Å². The van der Waals surface area contributed by atoms with Crippen LogP contribution in [0, 0.1) is 5.41 Å². The lowest BCUT2D eigenvalue weighted by Gasteiger charge is -2.25. The van der Waals surface area contributed by atoms with Gasteiger partial charge in [-0.3, -0.25) is 4.68 Å². The molecule has 1 rings (SSSR count). The molecule has 0 bridgehead atoms. The zero-order valence-corrected chi connectivity index (χ0v) is 13.5. The molecule has 2 nitrogen and oxygen atoms in total. The molecule has 0 aliphatic carbocycles. The Hall–Kier alpha value is -0.0200. The van der Waals surface area contributed by atoms with Crippen LogP contribution >= 0.6 is 27.5 Å². The van der Waals surface area contributed by atoms with Crippen LogP contribution < -0.4 is 0 Å². The Kier molecular flexibility index (Phi) is 5.52. The molecule has 0 radical (unpaired) electrons. The highest BCUT2D eigenvalue weighted by Gasteiger charge is 2.22. The van der Waals surface area contributed by atoms with Crippen LogP contribution in [0.4, 0.5) is 0 Å². The van der Waals surface area contributed by atoms with E-state index in [1.54, 1.807) is 0 Å². The predicted molar refractivity (Wildman–Crippen MR) is 77.6 cm³/mol. The van der Waals surface area contributed by atoms with Crippen LogP contribution in [0.25, 0.3) is 0 Å². The molecular weight excluding hydrogens is 300 g/mol. The average molecular weight is 322 g/mol. The van der Waals surface area contributed by atoms with Crippen LogP contribution in [-0.4, -0.2) is 15.2 Å². The van der Waals surface area contributed by atoms with Crippen LogP contribution in [0.1, 0.15) is 46.2 Å². The third-order valence-corrected chi connectivity index (χ3v) is 4.44. The largest absolute Gasteiger partial charge is 0.268 e. The van der Waals surface area contributed by atoms with Gasteiger partial charge in [0.05, 0.1) is 16.4 Å². The third-order valence-electron chi connectivity index (χ3n) is 2.91. The van der Waals surface area contributed by atoms with Gasteiger partial charge >= 0.3 is 0 Å². The van der Waals surface area contributed by atoms with E-state index in [2.05, 4.69) is 53.4 Å². The van der Waals surface area contributed by atoms with Crippen LogP contribution in [-0.2, 0) is 13.0 Å². The zero-order chi connectivity index (χ0) is 13.1. The Morgan fingerprint density at radius 1 is 1.47 bits per heavy atom. The van der Waals surface area contributed by atoms with Gasteiger partial charge in [-0.2, -0.15) is 5.10 Å². The number of rotatable bonds is 5. The number of halogens is 2. The van der Waals surface area contributed by atoms with Crippen molar-refractivity contribution in [3.05, 3.63) is 16.4 Å². The molecule has 1 unspecified atom stereocenters. The smallest absolute Gasteiger partial charge is 0.0635 e. The first-order chi connectivity index (χ1) is 7.86. The number of aryl methyl sites for hydroxylation is 1. The fraction of sp³-hybridized carbons (Fsp3) is 0.769. The summed E-state index contributed by atoms with van der Waals surface area (Å²) in [5.41, 5.74) is 1.42. The van der Waals surface area contributed by atoms with Crippen molar-refractivity contribution in [3.63, 3.8) is 0 Å². The molecule has 0 N–H and O–H groups in total. The molecule has 17 heavy (non-hydrogen) atoms. The van der Waals surface area contributed by atoms with Gasteiger partial charge < -0.3 is 0 Å². The molecule has 4 heteroatoms. The maximum Gasteiger partial charge on any atom is 0.0635 e. The normalized spacial score (nSPS) is 14.0. The second kappa shape index (κ2) is 6.24. The van der Waals surface area contributed by atoms with Crippen molar-refractivity contribution < 1.29 is 0 Å². The van der Waals surface area contributed by atoms with Crippen molar-refractivity contribution in [1.82, 2.24) is 9.78 Å². The molecule has 0 aromatic carbocycles. The molecule has 1 aromatic heterocycles. The van der Waals surface area contributed by atoms with Gasteiger partial charge in [0.15, 0.2) is 0 Å². The topological polar surface area (TPSA) is 17.8 Å². The summed E-state index contributed by atoms with van der Waals surface area (Å²) >= 11 is 9.97. The van der Waals surface area contributed by atoms with Gasteiger partial charge in [0, 0.05) is 11.9 Å². The third kappa shape index (κ3) is 4.29. The van der Waals surface area contributed by atoms with Crippen LogP contribution in [0.15, 0.2) is 10.7 Å². The minimum absolute atomic E-state index is 0.156. The summed E-state index contributed by atoms with van der Waals surface area (Å²) in [6.45, 7) is 9.69. The predicted octanol–water partition coefficient (Wildman–Crippen LogP) is 4.64. The van der Waals surface area contributed by atoms with Gasteiger partial charge in [-0.1, -0.05) is 27.7 Å². The van der Waals surface area contributed by atoms with E-state index in [9.17, 15) is 0 Å². The van der Waals surface area contributed by atoms with Crippen molar-refractivity contribution in [2.75, 3.05) is 0 Å². The first-order valence-corrected chi connectivity index (χ1v) is 7.43. The van der Waals surface area contributed by atoms with Gasteiger partial charge in [-0.15, -0.1) is 11.6 Å². The van der Waals surface area contributed by atoms with Gasteiger partial charge in [0.25, 0.3) is 0 Å². The van der Waals surface area contributed by atoms with Gasteiger partial charge in [-0.25, -0.2) is 0 Å². The summed E-state index contributed by atoms with van der Waals surface area (Å²) < 4.78 is 3.18. The summed E-state index contributed by atoms with van der Waals surface area (Å²) in [6.07, 6.45) is 4.95. The van der Waals surface area contributed by atoms with Crippen molar-refractivity contribution >= 4 is 27.5 Å². The van der Waals surface area contributed by atoms with Crippen molar-refractivity contribution in [2.45, 2.75) is 58.9 Å². The molecular formula is C13H22BrClN2. The van der Waals surface area contributed by atoms with Crippen LogP contribution in [0.2, 0.25) is 0 Å². The zero-order valence-electron chi connectivity index (χ0n) is 11.1. The van der Waals surface area contributed by atoms with E-state index in [-0.39, 0.29) is 10.8 Å². The SMILES string of the molecule is CCCn1ncc(Br)c1CCC(Cl)C(C)(C)C. The first-order valence-electron chi connectivity index (χ1n) is 6.20. The molecule has 0 spiro atoms. The second-order valence-electron chi connectivity index (χ2n) is 5.53. The molecule has 1 atom stereocenters. The molecule has 1 heterocycles. The molecule has 0 saturated carbocycles. The number of nitrogens with zero attached hydrogens (tertiary/aromatic N) is 2. The summed E-state index contributed by atoms with van der Waals surface area (Å²) in [5, 5.41) is 4.57. The fourth-order valence-electron chi connectivity index (χ4n) is 1.74. The van der Waals surface area contributed by atoms with Gasteiger partial charge in [-0.05, 0) is 40.6 Å². The van der Waals surface area contributed by atoms with Crippen molar-refractivity contribution in [1.29, 1.82) is 0 Å². The molecule has 0 amide bonds. The van der Waals surface area contributed by atoms with Gasteiger partial charge in [0.2, 0.25) is 0 Å². The Balaban J connectivity index is 2.65. The maximum atomic E-state index is 6.41. The van der Waals surface area contributed by atoms with E-state index < -0.39 is 0 Å². The number of alkyl halides is 1. The lowest BCUT2D eigenvalue weighted by Crippen LogP contribution is -2.21. The van der Waals surface area contributed by atoms with Gasteiger partial charge in [0.1, 0.15) is 0 Å². The van der Waals surface area contributed by atoms with Crippen LogP contribution in [0.3, 0.4) is 0 Å². The average Bonchev–Trinajstić information content (AvgIpc) is 2.56. The first kappa shape index (κ1) is 15.0. The van der Waals surface area contributed by atoms with E-state index in [0.29, 0.717) is 0 Å². The monoisotopic (exact) mass is 320 g/mol. The Morgan fingerprint density at radius 3 is 2.65 bits per heavy atom. The summed E-state index contributed by atoms with van der Waals surface area (Å²) in [4.78, 5) is 0. The highest BCUT2D eigenvalue weighted by atomic mass is 79.9. The maximum absolute atomic E-state index is 6.41. The molecule has 0 saturated heterocycles. The summed E-state index contributed by atoms with van der Waals surface area (Å²) in [5.74, 6) is 0. The van der Waals surface area contributed by atoms with E-state index in [1.807, 2.05) is 6.20 Å². The highest BCUT2D eigenvalue weighted by molar-refractivity contribution is 9.10. The molecule has 1 aromatic rings. The Morgan fingerprint density at radius 2 is 2.12 bits per heavy atom. The minimum atomic E-state index is 0.156. The molecule has 0 aliphatic rings. The lowest BCUT2D eigenvalue weighted by molar-refractivity contribution is 0.371. The minimum Gasteiger partial charge on any atom is -0.268 e. The standard InChI is InChI=1S/C13H22BrClN2/c1-5-8-17-11(10(14)9-16-17)6-7-12(15)13(2,3)4/h9,12H,5-8H2,1-4H3. The molecule has 0 aliphatic heterocycles. The van der Waals surface area contributed by atoms with E-state index in [1.165, 1.54) is 5.69 Å². The van der Waals surface area contributed by atoms with E-state index in [4.69, 9.17) is 11.6 Å². The molecule has 0 fully saturated rings. The van der Waals surface area contributed by atoms with E-state index >= 15 is 0 Å². The highest BCUT2D eigenvalue weighted by Crippen LogP contribution is 2.29. The summed E-state index contributed by atoms with van der Waals surface area (Å²) in [7, 11) is 0. The molecule has 98 valence electrons. The fourth-order valence-corrected chi connectivity index (χ4v) is 2.34. The number of aromatic nitrogens is 2. The van der Waals surface area contributed by atoms with Crippen molar-refractivity contribution in [3.8, 4) is 0 Å². The van der Waals surface area contributed by atoms with Crippen molar-refractivity contribution in [2.24, 2.45) is 5.41 Å². The second-order valence-corrected chi connectivity index (χ2v) is 6.92. The summed E-state index contributed by atoms with van der Waals surface area (Å²) in [6, 6.07) is 0. The number of hydrogen-bond donors (Lipinski definition) is 0. The number of hydrogen-bond acceptors (Lipinski definition) is 1. The van der Waals surface area contributed by atoms with Crippen LogP contribution in [0.5, 0.6) is 0 Å². The quantitative estimate of drug-likeness (QED) is 0.722.